The topological polar surface area (TPSA) is 105 Å². The van der Waals surface area contributed by atoms with Crippen LogP contribution >= 0.6 is 0 Å². The summed E-state index contributed by atoms with van der Waals surface area (Å²) < 4.78 is 5.66. The number of carbonyl (C=O) groups is 3. The molecule has 0 spiro atoms. The van der Waals surface area contributed by atoms with E-state index in [1.54, 1.807) is 6.92 Å². The minimum absolute atomic E-state index is 0.00868. The number of carboxylic acid groups (broad SMARTS) is 1. The van der Waals surface area contributed by atoms with Gasteiger partial charge in [0.15, 0.2) is 0 Å². The van der Waals surface area contributed by atoms with Crippen molar-refractivity contribution in [2.24, 2.45) is 11.8 Å². The number of hydrogen-bond donors (Lipinski definition) is 3. The fourth-order valence-electron chi connectivity index (χ4n) is 4.81. The zero-order valence-electron chi connectivity index (χ0n) is 19.8. The summed E-state index contributed by atoms with van der Waals surface area (Å²) in [6.45, 7) is 5.58. The Bertz CT molecular complexity index is 1050. The Morgan fingerprint density at radius 1 is 1.03 bits per heavy atom. The number of alkyl carbamates (subject to hydrolysis) is 1. The van der Waals surface area contributed by atoms with Gasteiger partial charge in [-0.15, -0.1) is 0 Å². The smallest absolute Gasteiger partial charge is 0.408 e. The van der Waals surface area contributed by atoms with Crippen molar-refractivity contribution in [2.75, 3.05) is 6.61 Å². The molecule has 1 fully saturated rings. The van der Waals surface area contributed by atoms with E-state index in [1.807, 2.05) is 38.1 Å². The summed E-state index contributed by atoms with van der Waals surface area (Å²) in [7, 11) is 0. The Labute approximate surface area is 199 Å². The van der Waals surface area contributed by atoms with Crippen molar-refractivity contribution in [1.82, 2.24) is 10.6 Å². The van der Waals surface area contributed by atoms with Gasteiger partial charge in [0, 0.05) is 12.0 Å². The van der Waals surface area contributed by atoms with Crippen LogP contribution in [0.3, 0.4) is 0 Å². The van der Waals surface area contributed by atoms with E-state index in [9.17, 15) is 19.5 Å². The van der Waals surface area contributed by atoms with Crippen LogP contribution in [0.25, 0.3) is 11.1 Å². The first-order valence-corrected chi connectivity index (χ1v) is 11.9. The van der Waals surface area contributed by atoms with E-state index in [0.717, 1.165) is 35.1 Å². The Kier molecular flexibility index (Phi) is 6.64. The average Bonchev–Trinajstić information content (AvgIpc) is 3.61. The molecular formula is C27H32N2O5. The lowest BCUT2D eigenvalue weighted by Crippen LogP contribution is -2.60. The maximum absolute atomic E-state index is 13.2. The van der Waals surface area contributed by atoms with Crippen LogP contribution in [0, 0.1) is 11.8 Å². The summed E-state index contributed by atoms with van der Waals surface area (Å²) in [5.41, 5.74) is 3.37. The van der Waals surface area contributed by atoms with Gasteiger partial charge in [-0.25, -0.2) is 4.79 Å². The molecule has 0 heterocycles. The standard InChI is InChI=1S/C27H32N2O5/c1-16(2)23(14-24(30)31)28-25(32)27(3,17-12-13-17)29-26(33)34-15-22-20-10-6-4-8-18(20)19-9-5-7-11-21(19)22/h4-11,16-17,22-23H,12-15H2,1-3H3,(H,28,32)(H,29,33)(H,30,31). The Balaban J connectivity index is 1.44. The number of nitrogens with one attached hydrogen (secondary N) is 2. The van der Waals surface area contributed by atoms with Crippen LogP contribution in [0.2, 0.25) is 0 Å². The molecule has 3 N–H and O–H groups in total. The molecule has 2 aliphatic carbocycles. The van der Waals surface area contributed by atoms with Gasteiger partial charge in [-0.3, -0.25) is 9.59 Å². The second-order valence-corrected chi connectivity index (χ2v) is 9.85. The predicted octanol–water partition coefficient (Wildman–Crippen LogP) is 4.31. The van der Waals surface area contributed by atoms with Crippen molar-refractivity contribution in [1.29, 1.82) is 0 Å². The second-order valence-electron chi connectivity index (χ2n) is 9.85. The van der Waals surface area contributed by atoms with Crippen molar-refractivity contribution in [2.45, 2.75) is 57.5 Å². The van der Waals surface area contributed by atoms with Gasteiger partial charge in [-0.05, 0) is 53.9 Å². The Hall–Kier alpha value is -3.35. The number of carboxylic acids is 1. The maximum atomic E-state index is 13.2. The number of hydrogen-bond acceptors (Lipinski definition) is 4. The van der Waals surface area contributed by atoms with Crippen LogP contribution in [-0.4, -0.2) is 41.3 Å². The van der Waals surface area contributed by atoms with Crippen molar-refractivity contribution >= 4 is 18.0 Å². The van der Waals surface area contributed by atoms with E-state index in [1.165, 1.54) is 0 Å². The van der Waals surface area contributed by atoms with Crippen LogP contribution in [0.5, 0.6) is 0 Å². The number of fused-ring (bicyclic) bond motifs is 3. The highest BCUT2D eigenvalue weighted by Crippen LogP contribution is 2.44. The van der Waals surface area contributed by atoms with Crippen molar-refractivity contribution < 1.29 is 24.2 Å². The highest BCUT2D eigenvalue weighted by atomic mass is 16.5. The quantitative estimate of drug-likeness (QED) is 0.513. The third-order valence-corrected chi connectivity index (χ3v) is 7.09. The molecule has 180 valence electrons. The van der Waals surface area contributed by atoms with Gasteiger partial charge < -0.3 is 20.5 Å². The summed E-state index contributed by atoms with van der Waals surface area (Å²) in [5.74, 6) is -1.48. The van der Waals surface area contributed by atoms with E-state index in [4.69, 9.17) is 4.74 Å². The zero-order chi connectivity index (χ0) is 24.5. The molecule has 2 aliphatic rings. The lowest BCUT2D eigenvalue weighted by atomic mass is 9.92. The second kappa shape index (κ2) is 9.49. The minimum atomic E-state index is -1.16. The van der Waals surface area contributed by atoms with Gasteiger partial charge in [-0.2, -0.15) is 0 Å². The third kappa shape index (κ3) is 4.79. The highest BCUT2D eigenvalue weighted by Gasteiger charge is 2.49. The molecule has 2 amide bonds. The molecule has 0 radical (unpaired) electrons. The summed E-state index contributed by atoms with van der Waals surface area (Å²) in [6, 6.07) is 15.7. The Morgan fingerprint density at radius 3 is 2.09 bits per heavy atom. The molecule has 7 nitrogen and oxygen atoms in total. The number of aliphatic carboxylic acids is 1. The molecule has 0 aliphatic heterocycles. The number of amides is 2. The van der Waals surface area contributed by atoms with Crippen molar-refractivity contribution in [3.63, 3.8) is 0 Å². The van der Waals surface area contributed by atoms with Crippen LogP contribution in [0.1, 0.15) is 57.1 Å². The molecule has 4 rings (SSSR count). The molecule has 0 aromatic heterocycles. The monoisotopic (exact) mass is 464 g/mol. The first kappa shape index (κ1) is 23.8. The van der Waals surface area contributed by atoms with Gasteiger partial charge in [-0.1, -0.05) is 62.4 Å². The van der Waals surface area contributed by atoms with Gasteiger partial charge in [0.05, 0.1) is 6.42 Å². The SMILES string of the molecule is CC(C)C(CC(=O)O)NC(=O)C(C)(NC(=O)OCC1c2ccccc2-c2ccccc21)C1CC1. The molecule has 34 heavy (non-hydrogen) atoms. The first-order valence-electron chi connectivity index (χ1n) is 11.9. The van der Waals surface area contributed by atoms with Crippen LogP contribution < -0.4 is 10.6 Å². The highest BCUT2D eigenvalue weighted by molar-refractivity contribution is 5.91. The van der Waals surface area contributed by atoms with Gasteiger partial charge in [0.1, 0.15) is 12.1 Å². The summed E-state index contributed by atoms with van der Waals surface area (Å²) in [6.07, 6.45) is 0.818. The van der Waals surface area contributed by atoms with Crippen LogP contribution in [0.15, 0.2) is 48.5 Å². The average molecular weight is 465 g/mol. The molecule has 1 saturated carbocycles. The summed E-state index contributed by atoms with van der Waals surface area (Å²) >= 11 is 0. The van der Waals surface area contributed by atoms with Gasteiger partial charge in [0.25, 0.3) is 0 Å². The van der Waals surface area contributed by atoms with Crippen molar-refractivity contribution in [3.05, 3.63) is 59.7 Å². The molecule has 2 aromatic rings. The molecule has 0 saturated heterocycles. The lowest BCUT2D eigenvalue weighted by Gasteiger charge is -2.32. The molecule has 2 aromatic carbocycles. The van der Waals surface area contributed by atoms with Crippen LogP contribution in [-0.2, 0) is 14.3 Å². The fourth-order valence-corrected chi connectivity index (χ4v) is 4.81. The first-order chi connectivity index (χ1) is 16.2. The van der Waals surface area contributed by atoms with E-state index < -0.39 is 23.6 Å². The molecule has 7 heteroatoms. The molecular weight excluding hydrogens is 432 g/mol. The minimum Gasteiger partial charge on any atom is -0.481 e. The van der Waals surface area contributed by atoms with Gasteiger partial charge in [0.2, 0.25) is 5.91 Å². The predicted molar refractivity (Wildman–Crippen MR) is 128 cm³/mol. The lowest BCUT2D eigenvalue weighted by molar-refractivity contribution is -0.138. The van der Waals surface area contributed by atoms with E-state index in [-0.39, 0.29) is 36.7 Å². The molecule has 2 atom stereocenters. The molecule has 2 unspecified atom stereocenters. The molecule has 0 bridgehead atoms. The maximum Gasteiger partial charge on any atom is 0.408 e. The van der Waals surface area contributed by atoms with Gasteiger partial charge >= 0.3 is 12.1 Å². The summed E-state index contributed by atoms with van der Waals surface area (Å²) in [4.78, 5) is 37.3. The van der Waals surface area contributed by atoms with E-state index in [2.05, 4.69) is 34.9 Å². The largest absolute Gasteiger partial charge is 0.481 e. The van der Waals surface area contributed by atoms with Crippen molar-refractivity contribution in [3.8, 4) is 11.1 Å². The number of ether oxygens (including phenoxy) is 1. The number of benzene rings is 2. The number of rotatable bonds is 9. The van der Waals surface area contributed by atoms with Crippen LogP contribution in [0.4, 0.5) is 4.79 Å². The van der Waals surface area contributed by atoms with E-state index in [0.29, 0.717) is 0 Å². The normalized spacial score (nSPS) is 17.3. The third-order valence-electron chi connectivity index (χ3n) is 7.09. The fraction of sp³-hybridized carbons (Fsp3) is 0.444. The van der Waals surface area contributed by atoms with E-state index >= 15 is 0 Å². The number of carbonyl (C=O) groups excluding carboxylic acids is 2. The Morgan fingerprint density at radius 2 is 1.59 bits per heavy atom. The zero-order valence-corrected chi connectivity index (χ0v) is 19.8. The summed E-state index contributed by atoms with van der Waals surface area (Å²) in [5, 5.41) is 14.8.